The summed E-state index contributed by atoms with van der Waals surface area (Å²) in [5.41, 5.74) is 2.49. The van der Waals surface area contributed by atoms with E-state index < -0.39 is 0 Å². The Morgan fingerprint density at radius 3 is 2.80 bits per heavy atom. The quantitative estimate of drug-likeness (QED) is 0.886. The summed E-state index contributed by atoms with van der Waals surface area (Å²) in [6.07, 6.45) is 4.68. The van der Waals surface area contributed by atoms with Gasteiger partial charge in [-0.3, -0.25) is 4.79 Å². The molecule has 1 amide bonds. The number of hydrogen-bond acceptors (Lipinski definition) is 4. The summed E-state index contributed by atoms with van der Waals surface area (Å²) in [6, 6.07) is 8.30. The number of aromatic nitrogens is 3. The van der Waals surface area contributed by atoms with Gasteiger partial charge >= 0.3 is 0 Å². The molecule has 7 heteroatoms. The second kappa shape index (κ2) is 8.97. The summed E-state index contributed by atoms with van der Waals surface area (Å²) in [6.45, 7) is 6.83. The van der Waals surface area contributed by atoms with Crippen LogP contribution >= 0.6 is 12.4 Å². The fourth-order valence-corrected chi connectivity index (χ4v) is 3.21. The number of rotatable bonds is 5. The lowest BCUT2D eigenvalue weighted by atomic mass is 10.0. The normalized spacial score (nSPS) is 14.8. The van der Waals surface area contributed by atoms with Crippen LogP contribution in [0.5, 0.6) is 0 Å². The van der Waals surface area contributed by atoms with E-state index in [-0.39, 0.29) is 18.3 Å². The zero-order valence-electron chi connectivity index (χ0n) is 14.8. The molecule has 0 bridgehead atoms. The zero-order chi connectivity index (χ0) is 16.9. The van der Waals surface area contributed by atoms with Crippen molar-refractivity contribution in [2.75, 3.05) is 19.6 Å². The third-order valence-electron chi connectivity index (χ3n) is 4.45. The van der Waals surface area contributed by atoms with Crippen LogP contribution in [0.1, 0.15) is 42.2 Å². The number of amides is 1. The molecule has 0 saturated carbocycles. The molecule has 1 aromatic heterocycles. The predicted molar refractivity (Wildman–Crippen MR) is 101 cm³/mol. The van der Waals surface area contributed by atoms with Crippen molar-refractivity contribution in [2.24, 2.45) is 0 Å². The molecule has 0 atom stereocenters. The molecule has 1 fully saturated rings. The Labute approximate surface area is 155 Å². The van der Waals surface area contributed by atoms with Crippen LogP contribution in [0.2, 0.25) is 0 Å². The van der Waals surface area contributed by atoms with Gasteiger partial charge in [-0.1, -0.05) is 24.3 Å². The van der Waals surface area contributed by atoms with Gasteiger partial charge in [0.1, 0.15) is 0 Å². The van der Waals surface area contributed by atoms with E-state index in [0.29, 0.717) is 11.7 Å². The summed E-state index contributed by atoms with van der Waals surface area (Å²) in [5.74, 6) is -0.0114. The third-order valence-corrected chi connectivity index (χ3v) is 4.45. The van der Waals surface area contributed by atoms with Crippen molar-refractivity contribution in [2.45, 2.75) is 39.2 Å². The molecule has 1 aliphatic rings. The van der Waals surface area contributed by atoms with Gasteiger partial charge in [-0.05, 0) is 57.0 Å². The fraction of sp³-hybridized carbons (Fsp3) is 0.500. The van der Waals surface area contributed by atoms with E-state index in [9.17, 15) is 4.79 Å². The third kappa shape index (κ3) is 4.58. The van der Waals surface area contributed by atoms with Crippen molar-refractivity contribution in [3.63, 3.8) is 0 Å². The minimum absolute atomic E-state index is 0. The first-order valence-electron chi connectivity index (χ1n) is 8.70. The number of benzene rings is 1. The maximum Gasteiger partial charge on any atom is 0.276 e. The molecule has 1 aromatic carbocycles. The number of carbonyl (C=O) groups is 1. The molecule has 3 rings (SSSR count). The molecular weight excluding hydrogens is 338 g/mol. The van der Waals surface area contributed by atoms with Crippen molar-refractivity contribution >= 4 is 18.3 Å². The van der Waals surface area contributed by atoms with Gasteiger partial charge in [0.2, 0.25) is 0 Å². The maximum atomic E-state index is 12.9. The highest BCUT2D eigenvalue weighted by Crippen LogP contribution is 2.16. The average Bonchev–Trinajstić information content (AvgIpc) is 3.10. The van der Waals surface area contributed by atoms with Gasteiger partial charge < -0.3 is 10.2 Å². The number of piperidine rings is 1. The van der Waals surface area contributed by atoms with Crippen LogP contribution in [-0.2, 0) is 0 Å². The predicted octanol–water partition coefficient (Wildman–Crippen LogP) is 2.60. The van der Waals surface area contributed by atoms with Crippen LogP contribution in [-0.4, -0.2) is 51.5 Å². The molecule has 6 nitrogen and oxygen atoms in total. The second-order valence-electron chi connectivity index (χ2n) is 6.37. The first kappa shape index (κ1) is 19.4. The molecule has 2 aromatic rings. The van der Waals surface area contributed by atoms with Gasteiger partial charge in [-0.25, -0.2) is 4.68 Å². The lowest BCUT2D eigenvalue weighted by molar-refractivity contribution is 0.0636. The summed E-state index contributed by atoms with van der Waals surface area (Å²) >= 11 is 0. The van der Waals surface area contributed by atoms with E-state index in [0.717, 1.165) is 50.1 Å². The summed E-state index contributed by atoms with van der Waals surface area (Å²) < 4.78 is 1.67. The van der Waals surface area contributed by atoms with Gasteiger partial charge in [0.25, 0.3) is 5.91 Å². The standard InChI is InChI=1S/C18H25N5O.ClH/c1-3-11-22(15-7-9-19-10-8-15)18(24)17-13-23(21-20-17)16-6-4-5-14(2)12-16;/h4-6,12-13,15,19H,3,7-11H2,1-2H3;1H. The van der Waals surface area contributed by atoms with Crippen LogP contribution in [0.4, 0.5) is 0 Å². The first-order valence-corrected chi connectivity index (χ1v) is 8.70. The molecule has 1 N–H and O–H groups in total. The van der Waals surface area contributed by atoms with Crippen LogP contribution in [0.15, 0.2) is 30.5 Å². The minimum Gasteiger partial charge on any atom is -0.334 e. The average molecular weight is 364 g/mol. The molecule has 136 valence electrons. The lowest BCUT2D eigenvalue weighted by Crippen LogP contribution is -2.46. The van der Waals surface area contributed by atoms with E-state index in [2.05, 4.69) is 22.6 Å². The summed E-state index contributed by atoms with van der Waals surface area (Å²) in [7, 11) is 0. The van der Waals surface area contributed by atoms with Crippen molar-refractivity contribution in [1.29, 1.82) is 0 Å². The highest BCUT2D eigenvalue weighted by molar-refractivity contribution is 5.92. The number of aryl methyl sites for hydroxylation is 1. The van der Waals surface area contributed by atoms with Crippen LogP contribution in [0.3, 0.4) is 0 Å². The van der Waals surface area contributed by atoms with E-state index >= 15 is 0 Å². The van der Waals surface area contributed by atoms with Gasteiger partial charge in [-0.15, -0.1) is 17.5 Å². The molecule has 1 saturated heterocycles. The van der Waals surface area contributed by atoms with Gasteiger partial charge in [0, 0.05) is 12.6 Å². The molecule has 1 aliphatic heterocycles. The molecule has 0 radical (unpaired) electrons. The van der Waals surface area contributed by atoms with Gasteiger partial charge in [0.15, 0.2) is 5.69 Å². The summed E-state index contributed by atoms with van der Waals surface area (Å²) in [5, 5.41) is 11.6. The van der Waals surface area contributed by atoms with E-state index in [1.807, 2.05) is 36.1 Å². The Bertz CT molecular complexity index is 696. The lowest BCUT2D eigenvalue weighted by Gasteiger charge is -2.34. The number of hydrogen-bond donors (Lipinski definition) is 1. The Kier molecular flexibility index (Phi) is 6.96. The monoisotopic (exact) mass is 363 g/mol. The molecule has 25 heavy (non-hydrogen) atoms. The van der Waals surface area contributed by atoms with E-state index in [4.69, 9.17) is 0 Å². The molecular formula is C18H26ClN5O. The Hall–Kier alpha value is -1.92. The van der Waals surface area contributed by atoms with Crippen LogP contribution in [0, 0.1) is 6.92 Å². The second-order valence-corrected chi connectivity index (χ2v) is 6.37. The topological polar surface area (TPSA) is 63.1 Å². The van der Waals surface area contributed by atoms with Crippen LogP contribution < -0.4 is 5.32 Å². The number of halogens is 1. The molecule has 0 unspecified atom stereocenters. The van der Waals surface area contributed by atoms with Gasteiger partial charge in [0.05, 0.1) is 11.9 Å². The Balaban J connectivity index is 0.00000225. The Morgan fingerprint density at radius 1 is 1.36 bits per heavy atom. The van der Waals surface area contributed by atoms with E-state index in [1.54, 1.807) is 10.9 Å². The molecule has 2 heterocycles. The first-order chi connectivity index (χ1) is 11.7. The molecule has 0 spiro atoms. The number of carbonyl (C=O) groups excluding carboxylic acids is 1. The Morgan fingerprint density at radius 2 is 2.12 bits per heavy atom. The van der Waals surface area contributed by atoms with Crippen molar-refractivity contribution in [3.05, 3.63) is 41.7 Å². The highest BCUT2D eigenvalue weighted by atomic mass is 35.5. The van der Waals surface area contributed by atoms with E-state index in [1.165, 1.54) is 0 Å². The van der Waals surface area contributed by atoms with Crippen LogP contribution in [0.25, 0.3) is 5.69 Å². The SMILES string of the molecule is CCCN(C(=O)c1cn(-c2cccc(C)c2)nn1)C1CCNCC1.Cl. The summed E-state index contributed by atoms with van der Waals surface area (Å²) in [4.78, 5) is 14.9. The number of nitrogens with zero attached hydrogens (tertiary/aromatic N) is 4. The zero-order valence-corrected chi connectivity index (χ0v) is 15.6. The number of nitrogens with one attached hydrogen (secondary N) is 1. The van der Waals surface area contributed by atoms with Gasteiger partial charge in [-0.2, -0.15) is 0 Å². The highest BCUT2D eigenvalue weighted by Gasteiger charge is 2.27. The van der Waals surface area contributed by atoms with Crippen molar-refractivity contribution < 1.29 is 4.79 Å². The molecule has 0 aliphatic carbocycles. The van der Waals surface area contributed by atoms with Crippen molar-refractivity contribution in [1.82, 2.24) is 25.2 Å². The maximum absolute atomic E-state index is 12.9. The van der Waals surface area contributed by atoms with Crippen molar-refractivity contribution in [3.8, 4) is 5.69 Å². The fourth-order valence-electron chi connectivity index (χ4n) is 3.21. The largest absolute Gasteiger partial charge is 0.334 e. The minimum atomic E-state index is -0.0114. The smallest absolute Gasteiger partial charge is 0.276 e.